The van der Waals surface area contributed by atoms with Gasteiger partial charge in [0.2, 0.25) is 0 Å². The molecule has 96 heavy (non-hydrogen) atoms. The lowest BCUT2D eigenvalue weighted by Crippen LogP contribution is -2.30. The van der Waals surface area contributed by atoms with Gasteiger partial charge in [-0.25, -0.2) is 9.13 Å². The Labute approximate surface area is 588 Å². The van der Waals surface area contributed by atoms with Crippen molar-refractivity contribution in [1.29, 1.82) is 0 Å². The molecule has 0 spiro atoms. The van der Waals surface area contributed by atoms with Gasteiger partial charge < -0.3 is 33.8 Å². The first-order valence-electron chi connectivity index (χ1n) is 40.0. The van der Waals surface area contributed by atoms with E-state index in [2.05, 4.69) is 41.5 Å². The number of phosphoric ester groups is 2. The van der Waals surface area contributed by atoms with Gasteiger partial charge in [-0.05, 0) is 37.5 Å². The van der Waals surface area contributed by atoms with Crippen LogP contribution in [0.5, 0.6) is 0 Å². The Morgan fingerprint density at radius 3 is 0.708 bits per heavy atom. The van der Waals surface area contributed by atoms with Crippen LogP contribution in [0.15, 0.2) is 0 Å². The van der Waals surface area contributed by atoms with Crippen molar-refractivity contribution >= 4 is 39.5 Å². The zero-order chi connectivity index (χ0) is 70.7. The van der Waals surface area contributed by atoms with Crippen LogP contribution in [0.3, 0.4) is 0 Å². The van der Waals surface area contributed by atoms with E-state index in [1.54, 1.807) is 0 Å². The van der Waals surface area contributed by atoms with E-state index < -0.39 is 97.5 Å². The van der Waals surface area contributed by atoms with Crippen LogP contribution in [0.4, 0.5) is 0 Å². The molecule has 0 saturated heterocycles. The SMILES string of the molecule is CCCCCCCCCCCCCCCCCC(=O)OC[C@H](COP(=O)(O)OC[C@@H](O)COP(=O)(O)OC[C@@H](COC(=O)CCCCCCCCCCCC(C)C)OC(=O)CCCCCCCCCCCCCCCC)OC(=O)CCCCCCCCCCCCCCC(C)C. The van der Waals surface area contributed by atoms with Gasteiger partial charge in [-0.1, -0.05) is 350 Å². The smallest absolute Gasteiger partial charge is 0.462 e. The van der Waals surface area contributed by atoms with E-state index in [1.807, 2.05) is 0 Å². The van der Waals surface area contributed by atoms with Crippen LogP contribution in [0.25, 0.3) is 0 Å². The van der Waals surface area contributed by atoms with Crippen LogP contribution in [-0.2, 0) is 65.4 Å². The summed E-state index contributed by atoms with van der Waals surface area (Å²) in [5.41, 5.74) is 0. The molecule has 0 rings (SSSR count). The maximum Gasteiger partial charge on any atom is 0.472 e. The summed E-state index contributed by atoms with van der Waals surface area (Å²) in [6.07, 6.45) is 56.7. The Bertz CT molecular complexity index is 1860. The molecule has 0 saturated carbocycles. The molecule has 0 aliphatic heterocycles. The Kier molecular flexibility index (Phi) is 67.4. The van der Waals surface area contributed by atoms with Gasteiger partial charge in [0.1, 0.15) is 19.3 Å². The number of ether oxygens (including phenoxy) is 4. The average Bonchev–Trinajstić information content (AvgIpc) is 1.91. The molecule has 0 radical (unpaired) electrons. The van der Waals surface area contributed by atoms with E-state index in [4.69, 9.17) is 37.0 Å². The van der Waals surface area contributed by atoms with Gasteiger partial charge >= 0.3 is 39.5 Å². The van der Waals surface area contributed by atoms with E-state index in [9.17, 15) is 43.2 Å². The number of rotatable bonds is 76. The fraction of sp³-hybridized carbons (Fsp3) is 0.948. The third-order valence-electron chi connectivity index (χ3n) is 18.0. The lowest BCUT2D eigenvalue weighted by molar-refractivity contribution is -0.161. The fourth-order valence-electron chi connectivity index (χ4n) is 11.8. The highest BCUT2D eigenvalue weighted by Crippen LogP contribution is 2.45. The highest BCUT2D eigenvalue weighted by molar-refractivity contribution is 7.47. The topological polar surface area (TPSA) is 237 Å². The molecule has 0 aromatic rings. The second-order valence-electron chi connectivity index (χ2n) is 28.7. The molecule has 2 unspecified atom stereocenters. The minimum Gasteiger partial charge on any atom is -0.462 e. The molecule has 19 heteroatoms. The van der Waals surface area contributed by atoms with Gasteiger partial charge in [-0.2, -0.15) is 0 Å². The highest BCUT2D eigenvalue weighted by Gasteiger charge is 2.30. The van der Waals surface area contributed by atoms with Crippen LogP contribution < -0.4 is 0 Å². The van der Waals surface area contributed by atoms with E-state index in [1.165, 1.54) is 218 Å². The molecular weight excluding hydrogens is 1260 g/mol. The summed E-state index contributed by atoms with van der Waals surface area (Å²) in [6.45, 7) is 9.61. The van der Waals surface area contributed by atoms with Crippen LogP contribution in [0.1, 0.15) is 401 Å². The molecule has 5 atom stereocenters. The van der Waals surface area contributed by atoms with Crippen molar-refractivity contribution in [1.82, 2.24) is 0 Å². The van der Waals surface area contributed by atoms with Crippen molar-refractivity contribution in [2.24, 2.45) is 11.8 Å². The van der Waals surface area contributed by atoms with E-state index in [-0.39, 0.29) is 25.7 Å². The molecule has 570 valence electrons. The van der Waals surface area contributed by atoms with Crippen molar-refractivity contribution < 1.29 is 80.2 Å². The molecule has 0 heterocycles. The molecule has 0 aromatic carbocycles. The zero-order valence-electron chi connectivity index (χ0n) is 62.7. The number of aliphatic hydroxyl groups is 1. The third kappa shape index (κ3) is 70.5. The van der Waals surface area contributed by atoms with Crippen molar-refractivity contribution in [2.75, 3.05) is 39.6 Å². The number of phosphoric acid groups is 2. The van der Waals surface area contributed by atoms with Gasteiger partial charge in [-0.15, -0.1) is 0 Å². The molecular formula is C77H150O17P2. The van der Waals surface area contributed by atoms with E-state index >= 15 is 0 Å². The second kappa shape index (κ2) is 68.8. The number of hydrogen-bond donors (Lipinski definition) is 3. The number of aliphatic hydroxyl groups excluding tert-OH is 1. The fourth-order valence-corrected chi connectivity index (χ4v) is 13.4. The molecule has 0 aromatic heterocycles. The largest absolute Gasteiger partial charge is 0.472 e. The molecule has 3 N–H and O–H groups in total. The van der Waals surface area contributed by atoms with Crippen LogP contribution in [-0.4, -0.2) is 96.7 Å². The quantitative estimate of drug-likeness (QED) is 0.0222. The molecule has 0 bridgehead atoms. The number of esters is 4. The lowest BCUT2D eigenvalue weighted by atomic mass is 10.0. The summed E-state index contributed by atoms with van der Waals surface area (Å²) >= 11 is 0. The summed E-state index contributed by atoms with van der Waals surface area (Å²) in [5.74, 6) is -0.591. The first-order valence-corrected chi connectivity index (χ1v) is 43.0. The van der Waals surface area contributed by atoms with E-state index in [0.29, 0.717) is 25.7 Å². The Hall–Kier alpha value is -1.94. The summed E-state index contributed by atoms with van der Waals surface area (Å²) in [5, 5.41) is 10.6. The monoisotopic (exact) mass is 1410 g/mol. The third-order valence-corrected chi connectivity index (χ3v) is 19.9. The Morgan fingerprint density at radius 2 is 0.479 bits per heavy atom. The number of carbonyl (C=O) groups is 4. The number of hydrogen-bond acceptors (Lipinski definition) is 15. The average molecular weight is 1410 g/mol. The predicted octanol–water partition coefficient (Wildman–Crippen LogP) is 22.7. The first kappa shape index (κ1) is 94.1. The van der Waals surface area contributed by atoms with Crippen molar-refractivity contribution in [2.45, 2.75) is 419 Å². The Morgan fingerprint density at radius 1 is 0.281 bits per heavy atom. The summed E-state index contributed by atoms with van der Waals surface area (Å²) < 4.78 is 68.6. The molecule has 0 fully saturated rings. The summed E-state index contributed by atoms with van der Waals surface area (Å²) in [7, 11) is -9.91. The maximum atomic E-state index is 13.1. The number of carbonyl (C=O) groups excluding carboxylic acids is 4. The van der Waals surface area contributed by atoms with Crippen molar-refractivity contribution in [3.8, 4) is 0 Å². The van der Waals surface area contributed by atoms with Gasteiger partial charge in [0, 0.05) is 25.7 Å². The highest BCUT2D eigenvalue weighted by atomic mass is 31.2. The van der Waals surface area contributed by atoms with Gasteiger partial charge in [-0.3, -0.25) is 37.3 Å². The molecule has 17 nitrogen and oxygen atoms in total. The number of unbranched alkanes of at least 4 members (excludes halogenated alkanes) is 46. The standard InChI is InChI=1S/C77H150O17P2/c1-7-9-11-13-15-17-19-21-23-25-29-35-41-47-53-59-74(79)87-65-72(93-77(82)62-56-50-44-37-31-27-26-28-33-39-45-51-57-69(3)4)67-91-95(83,84)89-63-71(78)64-90-96(85,86)92-68-73(66-88-75(80)60-54-48-42-38-32-34-40-46-52-58-70(5)6)94-76(81)61-55-49-43-36-30-24-22-20-18-16-14-12-10-8-2/h69-73,78H,7-68H2,1-6H3,(H,83,84)(H,85,86)/t71-,72-,73-/m1/s1. The van der Waals surface area contributed by atoms with E-state index in [0.717, 1.165) is 102 Å². The van der Waals surface area contributed by atoms with Gasteiger partial charge in [0.15, 0.2) is 12.2 Å². The molecule has 0 amide bonds. The lowest BCUT2D eigenvalue weighted by Gasteiger charge is -2.21. The van der Waals surface area contributed by atoms with Crippen molar-refractivity contribution in [3.63, 3.8) is 0 Å². The normalized spacial score (nSPS) is 14.0. The Balaban J connectivity index is 5.27. The first-order chi connectivity index (χ1) is 46.4. The van der Waals surface area contributed by atoms with Crippen LogP contribution >= 0.6 is 15.6 Å². The maximum absolute atomic E-state index is 13.1. The molecule has 0 aliphatic carbocycles. The van der Waals surface area contributed by atoms with Crippen LogP contribution in [0, 0.1) is 11.8 Å². The van der Waals surface area contributed by atoms with Crippen molar-refractivity contribution in [3.05, 3.63) is 0 Å². The minimum atomic E-state index is -4.96. The minimum absolute atomic E-state index is 0.107. The van der Waals surface area contributed by atoms with Gasteiger partial charge in [0.25, 0.3) is 0 Å². The summed E-state index contributed by atoms with van der Waals surface area (Å²) in [4.78, 5) is 72.9. The van der Waals surface area contributed by atoms with Gasteiger partial charge in [0.05, 0.1) is 26.4 Å². The molecule has 0 aliphatic rings. The van der Waals surface area contributed by atoms with Crippen LogP contribution in [0.2, 0.25) is 0 Å². The zero-order valence-corrected chi connectivity index (χ0v) is 64.5. The second-order valence-corrected chi connectivity index (χ2v) is 31.6. The predicted molar refractivity (Wildman–Crippen MR) is 391 cm³/mol. The summed E-state index contributed by atoms with van der Waals surface area (Å²) in [6, 6.07) is 0.